The van der Waals surface area contributed by atoms with Gasteiger partial charge in [0.15, 0.2) is 11.3 Å². The number of hydrogen-bond donors (Lipinski definition) is 0. The molecule has 0 N–H and O–H groups in total. The van der Waals surface area contributed by atoms with Gasteiger partial charge in [0.1, 0.15) is 12.2 Å². The van der Waals surface area contributed by atoms with Crippen LogP contribution in [0.2, 0.25) is 0 Å². The fourth-order valence-corrected chi connectivity index (χ4v) is 2.65. The molecule has 0 radical (unpaired) electrons. The lowest BCUT2D eigenvalue weighted by molar-refractivity contribution is 0.870. The van der Waals surface area contributed by atoms with Crippen LogP contribution in [0.1, 0.15) is 17.0 Å². The molecule has 3 aromatic heterocycles. The zero-order chi connectivity index (χ0) is 14.6. The quantitative estimate of drug-likeness (QED) is 0.536. The van der Waals surface area contributed by atoms with Gasteiger partial charge >= 0.3 is 0 Å². The Morgan fingerprint density at radius 2 is 1.90 bits per heavy atom. The summed E-state index contributed by atoms with van der Waals surface area (Å²) in [6.45, 7) is 6.03. The highest BCUT2D eigenvalue weighted by Gasteiger charge is 2.13. The second-order valence-corrected chi connectivity index (χ2v) is 5.26. The lowest BCUT2D eigenvalue weighted by Crippen LogP contribution is -2.01. The van der Waals surface area contributed by atoms with Crippen LogP contribution in [-0.2, 0) is 0 Å². The smallest absolute Gasteiger partial charge is 0.170 e. The van der Waals surface area contributed by atoms with Gasteiger partial charge in [0.25, 0.3) is 0 Å². The molecule has 0 fully saturated rings. The molecular formula is C15H14N6. The SMILES string of the molecule is Cc1ccc(-n2ncc3c2ncn2nc(C)nc32)c(C)c1. The first-order valence-electron chi connectivity index (χ1n) is 6.77. The van der Waals surface area contributed by atoms with E-state index in [0.29, 0.717) is 0 Å². The van der Waals surface area contributed by atoms with Gasteiger partial charge in [0, 0.05) is 0 Å². The van der Waals surface area contributed by atoms with E-state index in [-0.39, 0.29) is 0 Å². The molecule has 0 bridgehead atoms. The minimum Gasteiger partial charge on any atom is -0.216 e. The monoisotopic (exact) mass is 278 g/mol. The van der Waals surface area contributed by atoms with Gasteiger partial charge in [-0.3, -0.25) is 0 Å². The Morgan fingerprint density at radius 1 is 1.05 bits per heavy atom. The fraction of sp³-hybridized carbons (Fsp3) is 0.200. The van der Waals surface area contributed by atoms with Gasteiger partial charge in [-0.15, -0.1) is 0 Å². The van der Waals surface area contributed by atoms with Crippen molar-refractivity contribution in [3.63, 3.8) is 0 Å². The number of hydrogen-bond acceptors (Lipinski definition) is 4. The van der Waals surface area contributed by atoms with Crippen LogP contribution < -0.4 is 0 Å². The number of aromatic nitrogens is 6. The van der Waals surface area contributed by atoms with Crippen molar-refractivity contribution >= 4 is 16.7 Å². The predicted molar refractivity (Wildman–Crippen MR) is 79.6 cm³/mol. The summed E-state index contributed by atoms with van der Waals surface area (Å²) in [5.41, 5.74) is 5.01. The predicted octanol–water partition coefficient (Wildman–Crippen LogP) is 2.39. The van der Waals surface area contributed by atoms with Crippen LogP contribution in [0, 0.1) is 20.8 Å². The molecule has 4 rings (SSSR count). The van der Waals surface area contributed by atoms with Crippen molar-refractivity contribution in [2.75, 3.05) is 0 Å². The molecule has 0 spiro atoms. The average molecular weight is 278 g/mol. The van der Waals surface area contributed by atoms with E-state index in [1.165, 1.54) is 11.1 Å². The van der Waals surface area contributed by atoms with E-state index in [1.54, 1.807) is 17.0 Å². The zero-order valence-electron chi connectivity index (χ0n) is 12.1. The molecule has 0 atom stereocenters. The van der Waals surface area contributed by atoms with Crippen molar-refractivity contribution < 1.29 is 0 Å². The van der Waals surface area contributed by atoms with E-state index in [0.717, 1.165) is 28.2 Å². The number of aryl methyl sites for hydroxylation is 3. The minimum absolute atomic E-state index is 0.726. The summed E-state index contributed by atoms with van der Waals surface area (Å²) in [4.78, 5) is 8.93. The van der Waals surface area contributed by atoms with E-state index in [2.05, 4.69) is 52.2 Å². The van der Waals surface area contributed by atoms with Crippen LogP contribution in [-0.4, -0.2) is 29.4 Å². The second kappa shape index (κ2) is 4.12. The summed E-state index contributed by atoms with van der Waals surface area (Å²) in [6.07, 6.45) is 3.48. The highest BCUT2D eigenvalue weighted by Crippen LogP contribution is 2.22. The maximum Gasteiger partial charge on any atom is 0.170 e. The molecular weight excluding hydrogens is 264 g/mol. The summed E-state index contributed by atoms with van der Waals surface area (Å²) in [7, 11) is 0. The molecule has 0 saturated heterocycles. The van der Waals surface area contributed by atoms with Crippen molar-refractivity contribution in [1.29, 1.82) is 0 Å². The third-order valence-corrected chi connectivity index (χ3v) is 3.59. The van der Waals surface area contributed by atoms with Crippen molar-refractivity contribution in [3.8, 4) is 5.69 Å². The normalized spacial score (nSPS) is 11.6. The standard InChI is InChI=1S/C15H14N6/c1-9-4-5-13(10(2)6-9)21-14-12(7-17-21)15-18-11(3)19-20(15)8-16-14/h4-8H,1-3H3. The largest absolute Gasteiger partial charge is 0.216 e. The maximum absolute atomic E-state index is 4.49. The zero-order valence-corrected chi connectivity index (χ0v) is 12.1. The summed E-state index contributed by atoms with van der Waals surface area (Å²) >= 11 is 0. The van der Waals surface area contributed by atoms with Crippen LogP contribution in [0.15, 0.2) is 30.7 Å². The number of benzene rings is 1. The second-order valence-electron chi connectivity index (χ2n) is 5.26. The van der Waals surface area contributed by atoms with Gasteiger partial charge in [-0.2, -0.15) is 10.2 Å². The van der Waals surface area contributed by atoms with Crippen molar-refractivity contribution in [2.24, 2.45) is 0 Å². The van der Waals surface area contributed by atoms with E-state index in [9.17, 15) is 0 Å². The number of rotatable bonds is 1. The van der Waals surface area contributed by atoms with Crippen LogP contribution in [0.4, 0.5) is 0 Å². The van der Waals surface area contributed by atoms with Crippen LogP contribution in [0.5, 0.6) is 0 Å². The molecule has 1 aromatic carbocycles. The molecule has 4 aromatic rings. The molecule has 21 heavy (non-hydrogen) atoms. The third kappa shape index (κ3) is 1.72. The van der Waals surface area contributed by atoms with Crippen LogP contribution >= 0.6 is 0 Å². The van der Waals surface area contributed by atoms with Gasteiger partial charge in [0.05, 0.1) is 17.3 Å². The molecule has 0 unspecified atom stereocenters. The topological polar surface area (TPSA) is 60.9 Å². The van der Waals surface area contributed by atoms with Crippen molar-refractivity contribution in [1.82, 2.24) is 29.4 Å². The highest BCUT2D eigenvalue weighted by atomic mass is 15.3. The molecule has 0 aliphatic carbocycles. The van der Waals surface area contributed by atoms with E-state index < -0.39 is 0 Å². The first kappa shape index (κ1) is 12.0. The first-order chi connectivity index (χ1) is 10.1. The van der Waals surface area contributed by atoms with Gasteiger partial charge in [-0.05, 0) is 32.4 Å². The Labute approximate surface area is 121 Å². The molecule has 104 valence electrons. The lowest BCUT2D eigenvalue weighted by atomic mass is 10.1. The number of fused-ring (bicyclic) bond motifs is 3. The Hall–Kier alpha value is -2.76. The van der Waals surface area contributed by atoms with E-state index in [4.69, 9.17) is 0 Å². The molecule has 6 heteroatoms. The van der Waals surface area contributed by atoms with Crippen molar-refractivity contribution in [3.05, 3.63) is 47.7 Å². The van der Waals surface area contributed by atoms with E-state index in [1.807, 2.05) is 11.6 Å². The summed E-state index contributed by atoms with van der Waals surface area (Å²) < 4.78 is 3.54. The average Bonchev–Trinajstić information content (AvgIpc) is 3.01. The molecule has 0 saturated carbocycles. The van der Waals surface area contributed by atoms with Crippen LogP contribution in [0.3, 0.4) is 0 Å². The molecule has 0 amide bonds. The number of nitrogens with zero attached hydrogens (tertiary/aromatic N) is 6. The van der Waals surface area contributed by atoms with Crippen molar-refractivity contribution in [2.45, 2.75) is 20.8 Å². The Kier molecular flexibility index (Phi) is 2.35. The third-order valence-electron chi connectivity index (χ3n) is 3.59. The minimum atomic E-state index is 0.726. The summed E-state index contributed by atoms with van der Waals surface area (Å²) in [5.74, 6) is 0.726. The van der Waals surface area contributed by atoms with Crippen LogP contribution in [0.25, 0.3) is 22.4 Å². The van der Waals surface area contributed by atoms with Gasteiger partial charge < -0.3 is 0 Å². The maximum atomic E-state index is 4.49. The fourth-order valence-electron chi connectivity index (χ4n) is 2.65. The summed E-state index contributed by atoms with van der Waals surface area (Å²) in [6, 6.07) is 6.29. The molecule has 3 heterocycles. The van der Waals surface area contributed by atoms with E-state index >= 15 is 0 Å². The molecule has 0 aliphatic rings. The Bertz CT molecular complexity index is 979. The van der Waals surface area contributed by atoms with Gasteiger partial charge in [-0.1, -0.05) is 17.7 Å². The first-order valence-corrected chi connectivity index (χ1v) is 6.77. The summed E-state index contributed by atoms with van der Waals surface area (Å²) in [5, 5.41) is 9.67. The molecule has 6 nitrogen and oxygen atoms in total. The van der Waals surface area contributed by atoms with Gasteiger partial charge in [0.2, 0.25) is 0 Å². The van der Waals surface area contributed by atoms with Gasteiger partial charge in [-0.25, -0.2) is 19.2 Å². The highest BCUT2D eigenvalue weighted by molar-refractivity contribution is 5.89. The molecule has 0 aliphatic heterocycles. The Morgan fingerprint density at radius 3 is 2.71 bits per heavy atom. The lowest BCUT2D eigenvalue weighted by Gasteiger charge is -2.07. The Balaban J connectivity index is 2.04.